The zero-order valence-corrected chi connectivity index (χ0v) is 63.2. The van der Waals surface area contributed by atoms with Crippen LogP contribution in [-0.2, 0) is 65.4 Å². The zero-order chi connectivity index (χ0) is 69.4. The van der Waals surface area contributed by atoms with E-state index in [1.54, 1.807) is 0 Å². The molecule has 0 aliphatic heterocycles. The van der Waals surface area contributed by atoms with E-state index in [1.165, 1.54) is 193 Å². The number of hydrogen-bond donors (Lipinski definition) is 3. The molecule has 0 saturated heterocycles. The number of esters is 4. The molecular formula is C75H146O17P2. The van der Waals surface area contributed by atoms with Crippen LogP contribution in [0.5, 0.6) is 0 Å². The van der Waals surface area contributed by atoms with Crippen LogP contribution >= 0.6 is 15.6 Å². The van der Waals surface area contributed by atoms with Gasteiger partial charge in [-0.2, -0.15) is 0 Å². The fourth-order valence-corrected chi connectivity index (χ4v) is 13.0. The van der Waals surface area contributed by atoms with E-state index in [9.17, 15) is 43.2 Å². The molecule has 0 aromatic rings. The molecule has 0 fully saturated rings. The molecule has 5 atom stereocenters. The van der Waals surface area contributed by atoms with Gasteiger partial charge in [-0.05, 0) is 43.4 Å². The number of aliphatic hydroxyl groups is 1. The molecule has 0 heterocycles. The van der Waals surface area contributed by atoms with Crippen LogP contribution in [0.15, 0.2) is 0 Å². The van der Waals surface area contributed by atoms with Gasteiger partial charge in [0, 0.05) is 25.7 Å². The third kappa shape index (κ3) is 68.6. The first kappa shape index (κ1) is 92.1. The fraction of sp³-hybridized carbons (Fsp3) is 0.947. The lowest BCUT2D eigenvalue weighted by molar-refractivity contribution is -0.161. The minimum absolute atomic E-state index is 0.106. The standard InChI is InChI=1S/C75H146O17P2/c1-8-9-10-11-12-13-28-35-42-49-56-72(77)85-62-70(92-75(80)59-52-45-38-31-24-23-27-34-41-48-55-68(6)7)64-89-93(81,82)87-60-69(76)61-88-94(83,84)90-65-71(63-86-73(78)57-50-43-36-29-22-18-20-26-33-40-47-54-67(4)5)91-74(79)58-51-44-37-30-21-17-15-14-16-19-25-32-39-46-53-66(2)3/h66-71,76H,8-65H2,1-7H3,(H,81,82)(H,83,84)/t69-,70+,71+/m0/s1. The maximum Gasteiger partial charge on any atom is 0.472 e. The Morgan fingerprint density at radius 1 is 0.287 bits per heavy atom. The quantitative estimate of drug-likeness (QED) is 0.0222. The number of rotatable bonds is 73. The molecular weight excluding hydrogens is 1230 g/mol. The van der Waals surface area contributed by atoms with E-state index in [0.29, 0.717) is 25.7 Å². The van der Waals surface area contributed by atoms with E-state index in [1.807, 2.05) is 0 Å². The average molecular weight is 1380 g/mol. The molecule has 0 bridgehead atoms. The lowest BCUT2D eigenvalue weighted by atomic mass is 10.0. The molecule has 0 radical (unpaired) electrons. The Bertz CT molecular complexity index is 1840. The number of carbonyl (C=O) groups excluding carboxylic acids is 4. The third-order valence-electron chi connectivity index (χ3n) is 17.4. The Kier molecular flexibility index (Phi) is 64.3. The largest absolute Gasteiger partial charge is 0.472 e. The van der Waals surface area contributed by atoms with Crippen LogP contribution in [0.2, 0.25) is 0 Å². The number of carbonyl (C=O) groups is 4. The summed E-state index contributed by atoms with van der Waals surface area (Å²) in [6, 6.07) is 0. The second kappa shape index (κ2) is 65.7. The monoisotopic (exact) mass is 1380 g/mol. The van der Waals surface area contributed by atoms with Crippen molar-refractivity contribution in [2.45, 2.75) is 401 Å². The van der Waals surface area contributed by atoms with Gasteiger partial charge in [0.25, 0.3) is 0 Å². The molecule has 17 nitrogen and oxygen atoms in total. The van der Waals surface area contributed by atoms with E-state index in [0.717, 1.165) is 108 Å². The van der Waals surface area contributed by atoms with Crippen molar-refractivity contribution in [2.75, 3.05) is 39.6 Å². The van der Waals surface area contributed by atoms with Crippen LogP contribution in [-0.4, -0.2) is 96.7 Å². The predicted octanol–water partition coefficient (Wildman–Crippen LogP) is 21.8. The molecule has 0 rings (SSSR count). The maximum absolute atomic E-state index is 13.1. The van der Waals surface area contributed by atoms with E-state index in [-0.39, 0.29) is 25.7 Å². The van der Waals surface area contributed by atoms with E-state index in [2.05, 4.69) is 48.5 Å². The summed E-state index contributed by atoms with van der Waals surface area (Å²) in [4.78, 5) is 72.8. The first-order valence-electron chi connectivity index (χ1n) is 38.8. The molecule has 0 aliphatic carbocycles. The van der Waals surface area contributed by atoms with Crippen molar-refractivity contribution >= 4 is 39.5 Å². The summed E-state index contributed by atoms with van der Waals surface area (Å²) >= 11 is 0. The zero-order valence-electron chi connectivity index (χ0n) is 61.4. The number of phosphoric ester groups is 2. The lowest BCUT2D eigenvalue weighted by Crippen LogP contribution is -2.30. The van der Waals surface area contributed by atoms with E-state index >= 15 is 0 Å². The molecule has 0 spiro atoms. The lowest BCUT2D eigenvalue weighted by Gasteiger charge is -2.21. The number of aliphatic hydroxyl groups excluding tert-OH is 1. The van der Waals surface area contributed by atoms with Gasteiger partial charge in [-0.15, -0.1) is 0 Å². The van der Waals surface area contributed by atoms with E-state index in [4.69, 9.17) is 37.0 Å². The van der Waals surface area contributed by atoms with Gasteiger partial charge in [0.15, 0.2) is 12.2 Å². The summed E-state index contributed by atoms with van der Waals surface area (Å²) in [6.45, 7) is 11.9. The van der Waals surface area contributed by atoms with Crippen LogP contribution in [0.3, 0.4) is 0 Å². The number of phosphoric acid groups is 2. The van der Waals surface area contributed by atoms with Crippen LogP contribution < -0.4 is 0 Å². The molecule has 2 unspecified atom stereocenters. The minimum atomic E-state index is -4.96. The number of unbranched alkanes of at least 4 members (excludes halogenated alkanes) is 41. The Balaban J connectivity index is 5.25. The first-order valence-corrected chi connectivity index (χ1v) is 41.8. The van der Waals surface area contributed by atoms with Crippen LogP contribution in [0.4, 0.5) is 0 Å². The minimum Gasteiger partial charge on any atom is -0.462 e. The van der Waals surface area contributed by atoms with Crippen LogP contribution in [0, 0.1) is 17.8 Å². The molecule has 19 heteroatoms. The Hall–Kier alpha value is -1.94. The highest BCUT2D eigenvalue weighted by molar-refractivity contribution is 7.47. The number of ether oxygens (including phenoxy) is 4. The summed E-state index contributed by atoms with van der Waals surface area (Å²) in [6.07, 6.45) is 51.2. The van der Waals surface area contributed by atoms with Gasteiger partial charge < -0.3 is 33.8 Å². The Morgan fingerprint density at radius 2 is 0.489 bits per heavy atom. The van der Waals surface area contributed by atoms with Gasteiger partial charge in [0.05, 0.1) is 26.4 Å². The van der Waals surface area contributed by atoms with Crippen molar-refractivity contribution in [2.24, 2.45) is 17.8 Å². The molecule has 0 aromatic carbocycles. The molecule has 0 saturated carbocycles. The Labute approximate surface area is 575 Å². The van der Waals surface area contributed by atoms with Crippen LogP contribution in [0.25, 0.3) is 0 Å². The molecule has 0 amide bonds. The smallest absolute Gasteiger partial charge is 0.462 e. The molecule has 0 aliphatic rings. The summed E-state index contributed by atoms with van der Waals surface area (Å²) in [5.41, 5.74) is 0. The van der Waals surface area contributed by atoms with Crippen LogP contribution in [0.1, 0.15) is 382 Å². The SMILES string of the molecule is CCCCCCCCCCCCC(=O)OC[C@H](COP(=O)(O)OC[C@H](O)COP(=O)(O)OC[C@@H](COC(=O)CCCCCCCCCCCCCC(C)C)OC(=O)CCCCCCCCCCCCCCCCC(C)C)OC(=O)CCCCCCCCCCCCC(C)C. The van der Waals surface area contributed by atoms with Gasteiger partial charge in [-0.3, -0.25) is 37.3 Å². The summed E-state index contributed by atoms with van der Waals surface area (Å²) in [5, 5.41) is 10.6. The highest BCUT2D eigenvalue weighted by Gasteiger charge is 2.30. The van der Waals surface area contributed by atoms with Crippen molar-refractivity contribution in [3.05, 3.63) is 0 Å². The molecule has 0 aromatic heterocycles. The highest BCUT2D eigenvalue weighted by Crippen LogP contribution is 2.45. The third-order valence-corrected chi connectivity index (χ3v) is 19.3. The Morgan fingerprint density at radius 3 is 0.723 bits per heavy atom. The van der Waals surface area contributed by atoms with Crippen molar-refractivity contribution in [1.29, 1.82) is 0 Å². The van der Waals surface area contributed by atoms with Gasteiger partial charge in [-0.25, -0.2) is 9.13 Å². The van der Waals surface area contributed by atoms with Gasteiger partial charge >= 0.3 is 39.5 Å². The molecule has 94 heavy (non-hydrogen) atoms. The van der Waals surface area contributed by atoms with Crippen molar-refractivity contribution in [1.82, 2.24) is 0 Å². The summed E-state index contributed by atoms with van der Waals surface area (Å²) in [5.74, 6) is 0.200. The van der Waals surface area contributed by atoms with Gasteiger partial charge in [-0.1, -0.05) is 331 Å². The second-order valence-corrected chi connectivity index (χ2v) is 31.4. The normalized spacial score (nSPS) is 14.1. The highest BCUT2D eigenvalue weighted by atomic mass is 31.2. The number of hydrogen-bond acceptors (Lipinski definition) is 15. The molecule has 558 valence electrons. The molecule has 3 N–H and O–H groups in total. The summed E-state index contributed by atoms with van der Waals surface area (Å²) in [7, 11) is -9.91. The average Bonchev–Trinajstić information content (AvgIpc) is 2.41. The van der Waals surface area contributed by atoms with Crippen molar-refractivity contribution < 1.29 is 80.2 Å². The van der Waals surface area contributed by atoms with Crippen molar-refractivity contribution in [3.8, 4) is 0 Å². The fourth-order valence-electron chi connectivity index (χ4n) is 11.4. The second-order valence-electron chi connectivity index (χ2n) is 28.5. The topological polar surface area (TPSA) is 237 Å². The maximum atomic E-state index is 13.1. The predicted molar refractivity (Wildman–Crippen MR) is 381 cm³/mol. The first-order chi connectivity index (χ1) is 45.2. The van der Waals surface area contributed by atoms with Crippen molar-refractivity contribution in [3.63, 3.8) is 0 Å². The van der Waals surface area contributed by atoms with Gasteiger partial charge in [0.1, 0.15) is 19.3 Å². The summed E-state index contributed by atoms with van der Waals surface area (Å²) < 4.78 is 68.5. The van der Waals surface area contributed by atoms with E-state index < -0.39 is 97.5 Å². The van der Waals surface area contributed by atoms with Gasteiger partial charge in [0.2, 0.25) is 0 Å².